The van der Waals surface area contributed by atoms with E-state index < -0.39 is 0 Å². The van der Waals surface area contributed by atoms with Gasteiger partial charge in [0.05, 0.1) is 12.3 Å². The molecule has 10 heavy (non-hydrogen) atoms. The molecule has 0 spiro atoms. The van der Waals surface area contributed by atoms with Gasteiger partial charge in [-0.05, 0) is 18.2 Å². The lowest BCUT2D eigenvalue weighted by atomic mass is 10.3. The second-order valence-electron chi connectivity index (χ2n) is 1.84. The molecule has 0 aliphatic heterocycles. The standard InChI is InChI=1S/C8H9NO/c10-7-3-5-8-4-1-2-6-9-8/h1-6,10H,7H2/b5-3+. The van der Waals surface area contributed by atoms with E-state index in [4.69, 9.17) is 5.11 Å². The third-order valence-electron chi connectivity index (χ3n) is 1.08. The molecule has 0 saturated carbocycles. The number of aromatic nitrogens is 1. The van der Waals surface area contributed by atoms with Crippen molar-refractivity contribution in [3.05, 3.63) is 36.2 Å². The highest BCUT2D eigenvalue weighted by atomic mass is 16.2. The van der Waals surface area contributed by atoms with Gasteiger partial charge >= 0.3 is 0 Å². The van der Waals surface area contributed by atoms with E-state index in [1.807, 2.05) is 18.2 Å². The van der Waals surface area contributed by atoms with Gasteiger partial charge < -0.3 is 5.11 Å². The predicted octanol–water partition coefficient (Wildman–Crippen LogP) is 1.09. The molecule has 1 rings (SSSR count). The first kappa shape index (κ1) is 6.96. The molecule has 2 nitrogen and oxygen atoms in total. The van der Waals surface area contributed by atoms with Gasteiger partial charge in [-0.25, -0.2) is 0 Å². The number of rotatable bonds is 2. The molecule has 0 amide bonds. The van der Waals surface area contributed by atoms with Gasteiger partial charge in [0.25, 0.3) is 0 Å². The Balaban J connectivity index is 2.67. The van der Waals surface area contributed by atoms with Crippen molar-refractivity contribution in [1.82, 2.24) is 4.98 Å². The molecule has 0 atom stereocenters. The Morgan fingerprint density at radius 1 is 1.50 bits per heavy atom. The van der Waals surface area contributed by atoms with Crippen molar-refractivity contribution in [2.45, 2.75) is 0 Å². The summed E-state index contributed by atoms with van der Waals surface area (Å²) in [6.07, 6.45) is 5.15. The summed E-state index contributed by atoms with van der Waals surface area (Å²) in [5, 5.41) is 8.41. The van der Waals surface area contributed by atoms with E-state index in [0.717, 1.165) is 5.69 Å². The average Bonchev–Trinajstić information content (AvgIpc) is 2.03. The second kappa shape index (κ2) is 3.80. The fourth-order valence-corrected chi connectivity index (χ4v) is 0.648. The van der Waals surface area contributed by atoms with Gasteiger partial charge in [0.1, 0.15) is 0 Å². The van der Waals surface area contributed by atoms with E-state index in [1.165, 1.54) is 0 Å². The Morgan fingerprint density at radius 3 is 3.00 bits per heavy atom. The molecule has 1 aromatic heterocycles. The van der Waals surface area contributed by atoms with Crippen molar-refractivity contribution in [3.8, 4) is 0 Å². The lowest BCUT2D eigenvalue weighted by molar-refractivity contribution is 0.343. The maximum absolute atomic E-state index is 8.41. The lowest BCUT2D eigenvalue weighted by Crippen LogP contribution is -1.77. The molecule has 0 aliphatic carbocycles. The van der Waals surface area contributed by atoms with Gasteiger partial charge in [-0.2, -0.15) is 0 Å². The minimum Gasteiger partial charge on any atom is -0.392 e. The molecule has 2 heteroatoms. The van der Waals surface area contributed by atoms with Gasteiger partial charge in [0.2, 0.25) is 0 Å². The van der Waals surface area contributed by atoms with Crippen LogP contribution in [0.3, 0.4) is 0 Å². The zero-order valence-electron chi connectivity index (χ0n) is 5.57. The summed E-state index contributed by atoms with van der Waals surface area (Å²) < 4.78 is 0. The number of hydrogen-bond donors (Lipinski definition) is 1. The first-order valence-electron chi connectivity index (χ1n) is 3.12. The number of aliphatic hydroxyl groups excluding tert-OH is 1. The van der Waals surface area contributed by atoms with Gasteiger partial charge in [-0.3, -0.25) is 4.98 Å². The smallest absolute Gasteiger partial charge is 0.0627 e. The van der Waals surface area contributed by atoms with Crippen LogP contribution in [0.5, 0.6) is 0 Å². The van der Waals surface area contributed by atoms with E-state index in [0.29, 0.717) is 0 Å². The minimum atomic E-state index is 0.0660. The third-order valence-corrected chi connectivity index (χ3v) is 1.08. The fraction of sp³-hybridized carbons (Fsp3) is 0.125. The summed E-state index contributed by atoms with van der Waals surface area (Å²) in [5.74, 6) is 0. The summed E-state index contributed by atoms with van der Waals surface area (Å²) in [7, 11) is 0. The van der Waals surface area contributed by atoms with Crippen LogP contribution in [0.15, 0.2) is 30.5 Å². The van der Waals surface area contributed by atoms with Crippen molar-refractivity contribution in [2.24, 2.45) is 0 Å². The highest BCUT2D eigenvalue weighted by Gasteiger charge is 1.80. The summed E-state index contributed by atoms with van der Waals surface area (Å²) in [6.45, 7) is 0.0660. The molecule has 0 aliphatic rings. The quantitative estimate of drug-likeness (QED) is 0.658. The normalized spacial score (nSPS) is 10.5. The number of nitrogens with zero attached hydrogens (tertiary/aromatic N) is 1. The Hall–Kier alpha value is -1.15. The molecule has 0 unspecified atom stereocenters. The number of aliphatic hydroxyl groups is 1. The van der Waals surface area contributed by atoms with Crippen molar-refractivity contribution in [1.29, 1.82) is 0 Å². The van der Waals surface area contributed by atoms with Crippen LogP contribution in [0.4, 0.5) is 0 Å². The van der Waals surface area contributed by atoms with Crippen LogP contribution in [0.25, 0.3) is 6.08 Å². The van der Waals surface area contributed by atoms with Crippen LogP contribution in [0.1, 0.15) is 5.69 Å². The molecule has 0 bridgehead atoms. The summed E-state index contributed by atoms with van der Waals surface area (Å²) >= 11 is 0. The maximum Gasteiger partial charge on any atom is 0.0627 e. The Bertz CT molecular complexity index is 206. The third kappa shape index (κ3) is 1.99. The molecule has 52 valence electrons. The molecule has 0 aromatic carbocycles. The number of pyridine rings is 1. The van der Waals surface area contributed by atoms with Crippen LogP contribution in [-0.2, 0) is 0 Å². The summed E-state index contributed by atoms with van der Waals surface area (Å²) in [6, 6.07) is 5.65. The van der Waals surface area contributed by atoms with Crippen molar-refractivity contribution >= 4 is 6.08 Å². The summed E-state index contributed by atoms with van der Waals surface area (Å²) in [5.41, 5.74) is 0.872. The average molecular weight is 135 g/mol. The Labute approximate surface area is 59.9 Å². The summed E-state index contributed by atoms with van der Waals surface area (Å²) in [4.78, 5) is 4.02. The van der Waals surface area contributed by atoms with E-state index in [9.17, 15) is 0 Å². The van der Waals surface area contributed by atoms with Gasteiger partial charge in [0, 0.05) is 6.20 Å². The largest absolute Gasteiger partial charge is 0.392 e. The second-order valence-corrected chi connectivity index (χ2v) is 1.84. The monoisotopic (exact) mass is 135 g/mol. The van der Waals surface area contributed by atoms with E-state index in [1.54, 1.807) is 18.3 Å². The van der Waals surface area contributed by atoms with Gasteiger partial charge in [0.15, 0.2) is 0 Å². The van der Waals surface area contributed by atoms with Crippen LogP contribution < -0.4 is 0 Å². The zero-order chi connectivity index (χ0) is 7.23. The van der Waals surface area contributed by atoms with Gasteiger partial charge in [-0.15, -0.1) is 0 Å². The molecule has 1 aromatic rings. The Morgan fingerprint density at radius 2 is 2.40 bits per heavy atom. The predicted molar refractivity (Wildman–Crippen MR) is 40.4 cm³/mol. The molecular weight excluding hydrogens is 126 g/mol. The Kier molecular flexibility index (Phi) is 2.64. The SMILES string of the molecule is OC/C=C/c1ccccn1. The topological polar surface area (TPSA) is 33.1 Å². The van der Waals surface area contributed by atoms with Crippen LogP contribution >= 0.6 is 0 Å². The lowest BCUT2D eigenvalue weighted by Gasteiger charge is -1.87. The zero-order valence-corrected chi connectivity index (χ0v) is 5.57. The molecule has 1 heterocycles. The highest BCUT2D eigenvalue weighted by Crippen LogP contribution is 1.94. The maximum atomic E-state index is 8.41. The first-order chi connectivity index (χ1) is 4.93. The van der Waals surface area contributed by atoms with E-state index in [-0.39, 0.29) is 6.61 Å². The van der Waals surface area contributed by atoms with E-state index >= 15 is 0 Å². The molecule has 0 saturated heterocycles. The fourth-order valence-electron chi connectivity index (χ4n) is 0.648. The van der Waals surface area contributed by atoms with Crippen molar-refractivity contribution < 1.29 is 5.11 Å². The molecule has 1 N–H and O–H groups in total. The molecule has 0 fully saturated rings. The molecule has 0 radical (unpaired) electrons. The van der Waals surface area contributed by atoms with Crippen molar-refractivity contribution in [2.75, 3.05) is 6.61 Å². The molecular formula is C8H9NO. The van der Waals surface area contributed by atoms with Crippen LogP contribution in [0, 0.1) is 0 Å². The highest BCUT2D eigenvalue weighted by molar-refractivity contribution is 5.43. The van der Waals surface area contributed by atoms with E-state index in [2.05, 4.69) is 4.98 Å². The first-order valence-corrected chi connectivity index (χ1v) is 3.12. The number of hydrogen-bond acceptors (Lipinski definition) is 2. The van der Waals surface area contributed by atoms with Gasteiger partial charge in [-0.1, -0.05) is 12.1 Å². The van der Waals surface area contributed by atoms with Crippen molar-refractivity contribution in [3.63, 3.8) is 0 Å². The van der Waals surface area contributed by atoms with Crippen LogP contribution in [0.2, 0.25) is 0 Å². The van der Waals surface area contributed by atoms with Crippen LogP contribution in [-0.4, -0.2) is 16.7 Å². The minimum absolute atomic E-state index is 0.0660.